The van der Waals surface area contributed by atoms with E-state index in [4.69, 9.17) is 11.6 Å². The Bertz CT molecular complexity index is 685. The smallest absolute Gasteiger partial charge is 0.0849 e. The number of benzene rings is 2. The van der Waals surface area contributed by atoms with E-state index in [1.54, 1.807) is 23.1 Å². The molecule has 0 N–H and O–H groups in total. The first kappa shape index (κ1) is 13.0. The van der Waals surface area contributed by atoms with E-state index in [-0.39, 0.29) is 5.38 Å². The quantitative estimate of drug-likeness (QED) is 0.425. The summed E-state index contributed by atoms with van der Waals surface area (Å²) in [4.78, 5) is 1.27. The molecule has 0 radical (unpaired) electrons. The van der Waals surface area contributed by atoms with Gasteiger partial charge in [0.2, 0.25) is 0 Å². The molecule has 1 aromatic heterocycles. The van der Waals surface area contributed by atoms with Crippen LogP contribution in [0.4, 0.5) is 0 Å². The number of rotatable bonds is 3. The third-order valence-corrected chi connectivity index (χ3v) is 5.40. The molecule has 0 amide bonds. The van der Waals surface area contributed by atoms with E-state index in [1.165, 1.54) is 20.5 Å². The average molecular weight is 305 g/mol. The number of fused-ring (bicyclic) bond motifs is 1. The van der Waals surface area contributed by atoms with E-state index in [1.807, 2.05) is 0 Å². The SMILES string of the molecule is CSc1ccc(C(Cl)c2csc3ccccc23)cc1. The molecular formula is C16H13ClS2. The summed E-state index contributed by atoms with van der Waals surface area (Å²) in [6, 6.07) is 16.9. The van der Waals surface area contributed by atoms with Crippen molar-refractivity contribution in [1.29, 1.82) is 0 Å². The summed E-state index contributed by atoms with van der Waals surface area (Å²) < 4.78 is 1.30. The maximum absolute atomic E-state index is 6.65. The standard InChI is InChI=1S/C16H13ClS2/c1-18-12-8-6-11(7-9-12)16(17)14-10-19-15-5-3-2-4-13(14)15/h2-10,16H,1H3. The monoisotopic (exact) mass is 304 g/mol. The Morgan fingerprint density at radius 1 is 1.05 bits per heavy atom. The van der Waals surface area contributed by atoms with Crippen LogP contribution >= 0.6 is 34.7 Å². The van der Waals surface area contributed by atoms with Crippen LogP contribution < -0.4 is 0 Å². The van der Waals surface area contributed by atoms with Gasteiger partial charge in [0.05, 0.1) is 5.38 Å². The van der Waals surface area contributed by atoms with E-state index in [9.17, 15) is 0 Å². The molecule has 1 unspecified atom stereocenters. The fourth-order valence-corrected chi connectivity index (χ4v) is 3.94. The molecule has 0 nitrogen and oxygen atoms in total. The molecule has 0 fully saturated rings. The van der Waals surface area contributed by atoms with Gasteiger partial charge in [0.15, 0.2) is 0 Å². The van der Waals surface area contributed by atoms with Gasteiger partial charge >= 0.3 is 0 Å². The van der Waals surface area contributed by atoms with Crippen LogP contribution in [0.3, 0.4) is 0 Å². The molecule has 3 heteroatoms. The summed E-state index contributed by atoms with van der Waals surface area (Å²) >= 11 is 10.2. The number of thioether (sulfide) groups is 1. The number of hydrogen-bond acceptors (Lipinski definition) is 2. The van der Waals surface area contributed by atoms with Gasteiger partial charge in [-0.3, -0.25) is 0 Å². The lowest BCUT2D eigenvalue weighted by Crippen LogP contribution is -1.91. The third-order valence-electron chi connectivity index (χ3n) is 3.19. The van der Waals surface area contributed by atoms with Crippen LogP contribution in [0.15, 0.2) is 58.8 Å². The van der Waals surface area contributed by atoms with Crippen LogP contribution in [-0.4, -0.2) is 6.26 Å². The molecule has 19 heavy (non-hydrogen) atoms. The molecule has 3 rings (SSSR count). The molecular weight excluding hydrogens is 292 g/mol. The van der Waals surface area contributed by atoms with Crippen molar-refractivity contribution in [2.75, 3.05) is 6.26 Å². The molecule has 1 heterocycles. The highest BCUT2D eigenvalue weighted by atomic mass is 35.5. The maximum Gasteiger partial charge on any atom is 0.0849 e. The van der Waals surface area contributed by atoms with Gasteiger partial charge in [-0.15, -0.1) is 34.7 Å². The minimum atomic E-state index is -0.0768. The molecule has 3 aromatic rings. The molecule has 0 saturated heterocycles. The van der Waals surface area contributed by atoms with E-state index in [0.29, 0.717) is 0 Å². The lowest BCUT2D eigenvalue weighted by molar-refractivity contribution is 1.16. The topological polar surface area (TPSA) is 0 Å². The number of hydrogen-bond donors (Lipinski definition) is 0. The second-order valence-electron chi connectivity index (χ2n) is 4.32. The molecule has 0 aliphatic heterocycles. The van der Waals surface area contributed by atoms with Gasteiger partial charge in [-0.05, 0) is 46.3 Å². The van der Waals surface area contributed by atoms with Crippen LogP contribution in [0.2, 0.25) is 0 Å². The Balaban J connectivity index is 2.00. The van der Waals surface area contributed by atoms with Crippen LogP contribution in [0.25, 0.3) is 10.1 Å². The van der Waals surface area contributed by atoms with Crippen molar-refractivity contribution in [3.05, 3.63) is 65.0 Å². The maximum atomic E-state index is 6.65. The fraction of sp³-hybridized carbons (Fsp3) is 0.125. The Morgan fingerprint density at radius 3 is 2.53 bits per heavy atom. The molecule has 0 aliphatic rings. The number of alkyl halides is 1. The second kappa shape index (κ2) is 5.58. The lowest BCUT2D eigenvalue weighted by atomic mass is 10.0. The first-order chi connectivity index (χ1) is 9.29. The van der Waals surface area contributed by atoms with E-state index in [2.05, 4.69) is 60.2 Å². The highest BCUT2D eigenvalue weighted by Crippen LogP contribution is 2.37. The first-order valence-electron chi connectivity index (χ1n) is 6.04. The van der Waals surface area contributed by atoms with E-state index < -0.39 is 0 Å². The minimum absolute atomic E-state index is 0.0768. The van der Waals surface area contributed by atoms with Crippen molar-refractivity contribution < 1.29 is 0 Å². The molecule has 0 aliphatic carbocycles. The fourth-order valence-electron chi connectivity index (χ4n) is 2.15. The van der Waals surface area contributed by atoms with Crippen molar-refractivity contribution in [2.45, 2.75) is 10.3 Å². The van der Waals surface area contributed by atoms with Gasteiger partial charge in [0.1, 0.15) is 0 Å². The van der Waals surface area contributed by atoms with Crippen molar-refractivity contribution in [1.82, 2.24) is 0 Å². The summed E-state index contributed by atoms with van der Waals surface area (Å²) in [5, 5.41) is 3.36. The Hall–Kier alpha value is -0.960. The molecule has 0 spiro atoms. The third kappa shape index (κ3) is 2.53. The Morgan fingerprint density at radius 2 is 1.79 bits per heavy atom. The Labute approximate surface area is 126 Å². The predicted octanol–water partition coefficient (Wildman–Crippen LogP) is 5.95. The zero-order valence-electron chi connectivity index (χ0n) is 10.5. The molecule has 2 aromatic carbocycles. The van der Waals surface area contributed by atoms with Gasteiger partial charge in [-0.2, -0.15) is 0 Å². The van der Waals surface area contributed by atoms with E-state index >= 15 is 0 Å². The first-order valence-corrected chi connectivity index (χ1v) is 8.58. The van der Waals surface area contributed by atoms with Crippen molar-refractivity contribution in [3.63, 3.8) is 0 Å². The van der Waals surface area contributed by atoms with Crippen LogP contribution in [0.1, 0.15) is 16.5 Å². The minimum Gasteiger partial charge on any atom is -0.143 e. The van der Waals surface area contributed by atoms with Gasteiger partial charge in [0.25, 0.3) is 0 Å². The van der Waals surface area contributed by atoms with Gasteiger partial charge in [-0.25, -0.2) is 0 Å². The lowest BCUT2D eigenvalue weighted by Gasteiger charge is -2.10. The summed E-state index contributed by atoms with van der Waals surface area (Å²) in [5.74, 6) is 0. The Kier molecular flexibility index (Phi) is 3.83. The molecule has 0 bridgehead atoms. The average Bonchev–Trinajstić information content (AvgIpc) is 2.90. The van der Waals surface area contributed by atoms with Gasteiger partial charge < -0.3 is 0 Å². The summed E-state index contributed by atoms with van der Waals surface area (Å²) in [5.41, 5.74) is 2.36. The van der Waals surface area contributed by atoms with Crippen molar-refractivity contribution in [3.8, 4) is 0 Å². The highest BCUT2D eigenvalue weighted by molar-refractivity contribution is 7.98. The normalized spacial score (nSPS) is 12.7. The van der Waals surface area contributed by atoms with Crippen molar-refractivity contribution >= 4 is 44.8 Å². The molecule has 0 saturated carbocycles. The highest BCUT2D eigenvalue weighted by Gasteiger charge is 2.15. The van der Waals surface area contributed by atoms with Crippen LogP contribution in [0.5, 0.6) is 0 Å². The van der Waals surface area contributed by atoms with Gasteiger partial charge in [0, 0.05) is 9.60 Å². The van der Waals surface area contributed by atoms with Crippen molar-refractivity contribution in [2.24, 2.45) is 0 Å². The van der Waals surface area contributed by atoms with Gasteiger partial charge in [-0.1, -0.05) is 30.3 Å². The zero-order chi connectivity index (χ0) is 13.2. The van der Waals surface area contributed by atoms with Crippen LogP contribution in [-0.2, 0) is 0 Å². The summed E-state index contributed by atoms with van der Waals surface area (Å²) in [6.45, 7) is 0. The van der Waals surface area contributed by atoms with Crippen LogP contribution in [0, 0.1) is 0 Å². The molecule has 96 valence electrons. The molecule has 1 atom stereocenters. The largest absolute Gasteiger partial charge is 0.143 e. The predicted molar refractivity (Wildman–Crippen MR) is 87.7 cm³/mol. The number of halogens is 1. The zero-order valence-corrected chi connectivity index (χ0v) is 12.9. The number of thiophene rings is 1. The summed E-state index contributed by atoms with van der Waals surface area (Å²) in [6.07, 6.45) is 2.08. The summed E-state index contributed by atoms with van der Waals surface area (Å²) in [7, 11) is 0. The second-order valence-corrected chi connectivity index (χ2v) is 6.55. The van der Waals surface area contributed by atoms with E-state index in [0.717, 1.165) is 5.56 Å².